The standard InChI is InChI=1S/C6H7ClO2S2/c7-11(8,9)4-2-6-1-3-10-5-6/h1,3,5H,2,4H2. The molecule has 0 N–H and O–H groups in total. The second-order valence-electron chi connectivity index (χ2n) is 2.12. The Morgan fingerprint density at radius 3 is 2.73 bits per heavy atom. The Bertz CT molecular complexity index is 301. The van der Waals surface area contributed by atoms with E-state index >= 15 is 0 Å². The Labute approximate surface area is 74.2 Å². The number of halogens is 1. The van der Waals surface area contributed by atoms with E-state index in [1.807, 2.05) is 16.8 Å². The van der Waals surface area contributed by atoms with Crippen LogP contribution >= 0.6 is 22.0 Å². The number of hydrogen-bond acceptors (Lipinski definition) is 3. The molecule has 0 spiro atoms. The van der Waals surface area contributed by atoms with Gasteiger partial charge in [-0.15, -0.1) is 0 Å². The van der Waals surface area contributed by atoms with Crippen LogP contribution in [0.3, 0.4) is 0 Å². The van der Waals surface area contributed by atoms with Gasteiger partial charge in [-0.05, 0) is 28.8 Å². The predicted molar refractivity (Wildman–Crippen MR) is 47.7 cm³/mol. The summed E-state index contributed by atoms with van der Waals surface area (Å²) in [5.74, 6) is 0.0191. The van der Waals surface area contributed by atoms with E-state index in [0.29, 0.717) is 6.42 Å². The molecule has 0 aliphatic heterocycles. The van der Waals surface area contributed by atoms with Crippen molar-refractivity contribution in [2.75, 3.05) is 5.75 Å². The largest absolute Gasteiger partial charge is 0.232 e. The van der Waals surface area contributed by atoms with Crippen LogP contribution in [0.5, 0.6) is 0 Å². The molecule has 1 rings (SSSR count). The second kappa shape index (κ2) is 3.56. The van der Waals surface area contributed by atoms with Crippen LogP contribution in [0.1, 0.15) is 5.56 Å². The number of aryl methyl sites for hydroxylation is 1. The monoisotopic (exact) mass is 210 g/mol. The summed E-state index contributed by atoms with van der Waals surface area (Å²) in [4.78, 5) is 0. The number of rotatable bonds is 3. The fourth-order valence-corrected chi connectivity index (χ4v) is 2.09. The SMILES string of the molecule is O=S(=O)(Cl)CCc1ccsc1. The molecule has 1 aromatic heterocycles. The Morgan fingerprint density at radius 1 is 1.55 bits per heavy atom. The molecule has 0 saturated carbocycles. The fraction of sp³-hybridized carbons (Fsp3) is 0.333. The summed E-state index contributed by atoms with van der Waals surface area (Å²) in [5, 5.41) is 3.83. The van der Waals surface area contributed by atoms with Gasteiger partial charge in [-0.2, -0.15) is 11.3 Å². The Morgan fingerprint density at radius 2 is 2.27 bits per heavy atom. The zero-order valence-electron chi connectivity index (χ0n) is 5.66. The first-order chi connectivity index (χ1) is 5.08. The van der Waals surface area contributed by atoms with Gasteiger partial charge >= 0.3 is 0 Å². The Balaban J connectivity index is 2.48. The molecule has 1 heterocycles. The first-order valence-electron chi connectivity index (χ1n) is 3.01. The molecule has 0 aliphatic rings. The quantitative estimate of drug-likeness (QED) is 0.714. The average molecular weight is 211 g/mol. The van der Waals surface area contributed by atoms with E-state index in [1.54, 1.807) is 11.3 Å². The summed E-state index contributed by atoms with van der Waals surface area (Å²) in [6, 6.07) is 1.90. The molecular formula is C6H7ClO2S2. The van der Waals surface area contributed by atoms with Gasteiger partial charge in [-0.3, -0.25) is 0 Å². The molecule has 0 saturated heterocycles. The maximum Gasteiger partial charge on any atom is 0.232 e. The van der Waals surface area contributed by atoms with Crippen molar-refractivity contribution in [3.63, 3.8) is 0 Å². The molecule has 1 aromatic rings. The second-order valence-corrected chi connectivity index (χ2v) is 5.80. The highest BCUT2D eigenvalue weighted by atomic mass is 35.7. The number of hydrogen-bond donors (Lipinski definition) is 0. The average Bonchev–Trinajstić information content (AvgIpc) is 2.32. The summed E-state index contributed by atoms with van der Waals surface area (Å²) in [6.07, 6.45) is 0.509. The first-order valence-corrected chi connectivity index (χ1v) is 6.43. The van der Waals surface area contributed by atoms with E-state index in [2.05, 4.69) is 0 Å². The van der Waals surface area contributed by atoms with Gasteiger partial charge in [0.05, 0.1) is 5.75 Å². The predicted octanol–water partition coefficient (Wildman–Crippen LogP) is 1.86. The molecule has 62 valence electrons. The highest BCUT2D eigenvalue weighted by molar-refractivity contribution is 8.13. The van der Waals surface area contributed by atoms with Crippen molar-refractivity contribution in [1.82, 2.24) is 0 Å². The molecule has 0 radical (unpaired) electrons. The molecule has 0 aliphatic carbocycles. The van der Waals surface area contributed by atoms with Crippen LogP contribution in [0.15, 0.2) is 16.8 Å². The minimum Gasteiger partial charge on any atom is -0.212 e. The molecule has 0 atom stereocenters. The minimum absolute atomic E-state index is 0.0191. The van der Waals surface area contributed by atoms with Gasteiger partial charge in [-0.1, -0.05) is 0 Å². The lowest BCUT2D eigenvalue weighted by Crippen LogP contribution is -1.99. The zero-order valence-corrected chi connectivity index (χ0v) is 8.05. The van der Waals surface area contributed by atoms with E-state index in [4.69, 9.17) is 10.7 Å². The van der Waals surface area contributed by atoms with Gasteiger partial charge in [0, 0.05) is 10.7 Å². The molecule has 0 unspecified atom stereocenters. The van der Waals surface area contributed by atoms with Crippen LogP contribution in [0.25, 0.3) is 0 Å². The summed E-state index contributed by atoms with van der Waals surface area (Å²) in [7, 11) is 1.70. The van der Waals surface area contributed by atoms with Crippen LogP contribution < -0.4 is 0 Å². The summed E-state index contributed by atoms with van der Waals surface area (Å²) < 4.78 is 21.0. The third-order valence-corrected chi connectivity index (χ3v) is 3.10. The maximum atomic E-state index is 10.5. The third-order valence-electron chi connectivity index (χ3n) is 1.21. The molecule has 0 bridgehead atoms. The number of thiophene rings is 1. The van der Waals surface area contributed by atoms with Gasteiger partial charge in [-0.25, -0.2) is 8.42 Å². The van der Waals surface area contributed by atoms with Crippen molar-refractivity contribution in [3.05, 3.63) is 22.4 Å². The van der Waals surface area contributed by atoms with Crippen molar-refractivity contribution < 1.29 is 8.42 Å². The molecular weight excluding hydrogens is 204 g/mol. The van der Waals surface area contributed by atoms with Crippen molar-refractivity contribution in [2.24, 2.45) is 0 Å². The summed E-state index contributed by atoms with van der Waals surface area (Å²) >= 11 is 1.55. The molecule has 2 nitrogen and oxygen atoms in total. The lowest BCUT2D eigenvalue weighted by Gasteiger charge is -1.92. The van der Waals surface area contributed by atoms with E-state index in [1.165, 1.54) is 0 Å². The van der Waals surface area contributed by atoms with E-state index in [9.17, 15) is 8.42 Å². The van der Waals surface area contributed by atoms with E-state index in [0.717, 1.165) is 5.56 Å². The molecule has 0 amide bonds. The lowest BCUT2D eigenvalue weighted by atomic mass is 10.3. The first kappa shape index (κ1) is 9.03. The van der Waals surface area contributed by atoms with Crippen LogP contribution in [0.4, 0.5) is 0 Å². The van der Waals surface area contributed by atoms with Crippen LogP contribution in [-0.2, 0) is 15.5 Å². The van der Waals surface area contributed by atoms with E-state index < -0.39 is 9.05 Å². The molecule has 5 heteroatoms. The smallest absolute Gasteiger partial charge is 0.212 e. The highest BCUT2D eigenvalue weighted by Crippen LogP contribution is 2.08. The van der Waals surface area contributed by atoms with Crippen LogP contribution in [0, 0.1) is 0 Å². The van der Waals surface area contributed by atoms with Gasteiger partial charge in [0.2, 0.25) is 9.05 Å². The van der Waals surface area contributed by atoms with Crippen LogP contribution in [0.2, 0.25) is 0 Å². The zero-order chi connectivity index (χ0) is 8.32. The van der Waals surface area contributed by atoms with Gasteiger partial charge in [0.25, 0.3) is 0 Å². The van der Waals surface area contributed by atoms with Gasteiger partial charge < -0.3 is 0 Å². The Kier molecular flexibility index (Phi) is 2.92. The van der Waals surface area contributed by atoms with Crippen molar-refractivity contribution in [1.29, 1.82) is 0 Å². The summed E-state index contributed by atoms with van der Waals surface area (Å²) in [5.41, 5.74) is 1.03. The lowest BCUT2D eigenvalue weighted by molar-refractivity contribution is 0.609. The van der Waals surface area contributed by atoms with Crippen molar-refractivity contribution in [2.45, 2.75) is 6.42 Å². The maximum absolute atomic E-state index is 10.5. The van der Waals surface area contributed by atoms with E-state index in [-0.39, 0.29) is 5.75 Å². The third kappa shape index (κ3) is 3.74. The highest BCUT2D eigenvalue weighted by Gasteiger charge is 2.04. The van der Waals surface area contributed by atoms with Gasteiger partial charge in [0.15, 0.2) is 0 Å². The van der Waals surface area contributed by atoms with Gasteiger partial charge in [0.1, 0.15) is 0 Å². The Hall–Kier alpha value is -0.0600. The van der Waals surface area contributed by atoms with Crippen molar-refractivity contribution in [3.8, 4) is 0 Å². The van der Waals surface area contributed by atoms with Crippen molar-refractivity contribution >= 4 is 31.1 Å². The van der Waals surface area contributed by atoms with Crippen LogP contribution in [-0.4, -0.2) is 14.2 Å². The molecule has 0 aromatic carbocycles. The topological polar surface area (TPSA) is 34.1 Å². The molecule has 11 heavy (non-hydrogen) atoms. The molecule has 0 fully saturated rings. The fourth-order valence-electron chi connectivity index (χ4n) is 0.675. The normalized spacial score (nSPS) is 11.7. The minimum atomic E-state index is -3.32. The summed E-state index contributed by atoms with van der Waals surface area (Å²) in [6.45, 7) is 0.